The maximum absolute atomic E-state index is 14.2. The summed E-state index contributed by atoms with van der Waals surface area (Å²) in [6, 6.07) is 29.2. The van der Waals surface area contributed by atoms with Crippen molar-refractivity contribution >= 4 is 45.3 Å². The fraction of sp³-hybridized carbons (Fsp3) is 0.0857. The molecule has 0 aliphatic rings. The van der Waals surface area contributed by atoms with E-state index in [9.17, 15) is 4.39 Å². The number of aromatic nitrogens is 4. The number of halogens is 1. The van der Waals surface area contributed by atoms with Crippen molar-refractivity contribution in [1.82, 2.24) is 19.3 Å². The quantitative estimate of drug-likeness (QED) is 0.170. The number of hydrogen-bond acceptors (Lipinski definition) is 5. The van der Waals surface area contributed by atoms with Gasteiger partial charge in [-0.25, -0.2) is 14.1 Å². The lowest BCUT2D eigenvalue weighted by Gasteiger charge is -2.12. The van der Waals surface area contributed by atoms with E-state index >= 15 is 0 Å². The molecule has 0 fully saturated rings. The maximum atomic E-state index is 14.2. The predicted molar refractivity (Wildman–Crippen MR) is 176 cm³/mol. The lowest BCUT2D eigenvalue weighted by molar-refractivity contribution is 0.483. The molecule has 3 aromatic heterocycles. The molecule has 5 nitrogen and oxygen atoms in total. The van der Waals surface area contributed by atoms with E-state index in [0.717, 1.165) is 33.1 Å². The first-order valence-corrected chi connectivity index (χ1v) is 16.2. The summed E-state index contributed by atoms with van der Waals surface area (Å²) < 4.78 is 24.4. The van der Waals surface area contributed by atoms with E-state index in [1.54, 1.807) is 23.5 Å². The first-order valence-electron chi connectivity index (χ1n) is 13.7. The Morgan fingerprint density at radius 3 is 2.33 bits per heavy atom. The molecule has 0 N–H and O–H groups in total. The molecule has 0 saturated heterocycles. The largest absolute Gasteiger partial charge is 0.457 e. The highest BCUT2D eigenvalue weighted by Gasteiger charge is 2.16. The molecule has 0 amide bonds. The Morgan fingerprint density at radius 2 is 1.53 bits per heavy atom. The Balaban J connectivity index is 1.25. The van der Waals surface area contributed by atoms with Gasteiger partial charge in [0.1, 0.15) is 23.1 Å². The Kier molecular flexibility index (Phi) is 7.16. The molecule has 0 bridgehead atoms. The SMILES string of the molecule is CSc1cc(C)cc(SC)c1-c1cnn(-c2cccc(Oc3ccc4c5ccccc5n(-c5cc(F)ccn5)c4c3)c2)c1. The van der Waals surface area contributed by atoms with Crippen LogP contribution >= 0.6 is 23.5 Å². The molecule has 3 heterocycles. The van der Waals surface area contributed by atoms with Crippen molar-refractivity contribution in [3.05, 3.63) is 121 Å². The van der Waals surface area contributed by atoms with Gasteiger partial charge in [0, 0.05) is 62.3 Å². The Morgan fingerprint density at radius 1 is 0.767 bits per heavy atom. The van der Waals surface area contributed by atoms with Crippen LogP contribution in [0.1, 0.15) is 5.56 Å². The highest BCUT2D eigenvalue weighted by atomic mass is 32.2. The number of para-hydroxylation sites is 1. The van der Waals surface area contributed by atoms with Crippen LogP contribution in [-0.4, -0.2) is 31.8 Å². The normalized spacial score (nSPS) is 11.4. The van der Waals surface area contributed by atoms with Crippen molar-refractivity contribution in [1.29, 1.82) is 0 Å². The zero-order valence-corrected chi connectivity index (χ0v) is 25.4. The van der Waals surface area contributed by atoms with E-state index in [0.29, 0.717) is 17.3 Å². The van der Waals surface area contributed by atoms with Crippen LogP contribution in [0.5, 0.6) is 11.5 Å². The average Bonchev–Trinajstić information content (AvgIpc) is 3.64. The van der Waals surface area contributed by atoms with Crippen molar-refractivity contribution < 1.29 is 9.13 Å². The van der Waals surface area contributed by atoms with Crippen molar-refractivity contribution in [2.24, 2.45) is 0 Å². The summed E-state index contributed by atoms with van der Waals surface area (Å²) in [7, 11) is 0. The molecule has 7 aromatic rings. The highest BCUT2D eigenvalue weighted by Crippen LogP contribution is 2.39. The van der Waals surface area contributed by atoms with Crippen LogP contribution in [0.25, 0.3) is 44.4 Å². The van der Waals surface area contributed by atoms with Gasteiger partial charge in [-0.15, -0.1) is 23.5 Å². The van der Waals surface area contributed by atoms with Gasteiger partial charge in [0.05, 0.1) is 22.9 Å². The van der Waals surface area contributed by atoms with E-state index in [1.165, 1.54) is 39.2 Å². The first kappa shape index (κ1) is 27.3. The Hall–Kier alpha value is -4.53. The summed E-state index contributed by atoms with van der Waals surface area (Å²) in [5, 5.41) is 6.81. The second-order valence-electron chi connectivity index (χ2n) is 10.2. The number of nitrogens with zero attached hydrogens (tertiary/aromatic N) is 4. The predicted octanol–water partition coefficient (Wildman–Crippen LogP) is 9.72. The summed E-state index contributed by atoms with van der Waals surface area (Å²) >= 11 is 3.50. The molecule has 0 aliphatic carbocycles. The molecular formula is C35H27FN4OS2. The molecular weight excluding hydrogens is 576 g/mol. The van der Waals surface area contributed by atoms with E-state index < -0.39 is 0 Å². The molecule has 0 atom stereocenters. The monoisotopic (exact) mass is 602 g/mol. The third-order valence-electron chi connectivity index (χ3n) is 7.42. The van der Waals surface area contributed by atoms with Crippen LogP contribution in [0.4, 0.5) is 4.39 Å². The third kappa shape index (κ3) is 5.07. The summed E-state index contributed by atoms with van der Waals surface area (Å²) in [4.78, 5) is 6.94. The van der Waals surface area contributed by atoms with Gasteiger partial charge >= 0.3 is 0 Å². The molecule has 0 radical (unpaired) electrons. The van der Waals surface area contributed by atoms with Crippen LogP contribution < -0.4 is 4.74 Å². The Bertz CT molecular complexity index is 2110. The fourth-order valence-electron chi connectivity index (χ4n) is 5.52. The van der Waals surface area contributed by atoms with Crippen molar-refractivity contribution in [2.75, 3.05) is 12.5 Å². The van der Waals surface area contributed by atoms with Crippen LogP contribution in [0.2, 0.25) is 0 Å². The van der Waals surface area contributed by atoms with E-state index in [2.05, 4.69) is 48.8 Å². The van der Waals surface area contributed by atoms with Gasteiger partial charge in [-0.05, 0) is 73.5 Å². The number of fused-ring (bicyclic) bond motifs is 3. The molecule has 0 unspecified atom stereocenters. The summed E-state index contributed by atoms with van der Waals surface area (Å²) in [5.41, 5.74) is 6.26. The van der Waals surface area contributed by atoms with Gasteiger partial charge in [0.2, 0.25) is 0 Å². The van der Waals surface area contributed by atoms with Crippen LogP contribution in [0, 0.1) is 12.7 Å². The number of benzene rings is 4. The van der Waals surface area contributed by atoms with Gasteiger partial charge in [-0.1, -0.05) is 24.3 Å². The van der Waals surface area contributed by atoms with Crippen LogP contribution in [0.3, 0.4) is 0 Å². The van der Waals surface area contributed by atoms with Crippen LogP contribution in [0.15, 0.2) is 119 Å². The average molecular weight is 603 g/mol. The van der Waals surface area contributed by atoms with Gasteiger partial charge in [0.15, 0.2) is 0 Å². The lowest BCUT2D eigenvalue weighted by Crippen LogP contribution is -1.98. The molecule has 4 aromatic carbocycles. The number of hydrogen-bond donors (Lipinski definition) is 0. The molecule has 7 rings (SSSR count). The molecule has 8 heteroatoms. The van der Waals surface area contributed by atoms with E-state index in [-0.39, 0.29) is 5.82 Å². The van der Waals surface area contributed by atoms with Gasteiger partial charge in [-0.3, -0.25) is 4.57 Å². The van der Waals surface area contributed by atoms with Crippen LogP contribution in [-0.2, 0) is 0 Å². The maximum Gasteiger partial charge on any atom is 0.140 e. The highest BCUT2D eigenvalue weighted by molar-refractivity contribution is 7.99. The third-order valence-corrected chi connectivity index (χ3v) is 8.94. The Labute approximate surface area is 257 Å². The minimum atomic E-state index is -0.335. The number of ether oxygens (including phenoxy) is 1. The van der Waals surface area contributed by atoms with Gasteiger partial charge in [0.25, 0.3) is 0 Å². The second-order valence-corrected chi connectivity index (χ2v) is 11.9. The topological polar surface area (TPSA) is 44.9 Å². The zero-order chi connectivity index (χ0) is 29.5. The van der Waals surface area contributed by atoms with E-state index in [1.807, 2.05) is 76.1 Å². The van der Waals surface area contributed by atoms with Crippen molar-refractivity contribution in [3.63, 3.8) is 0 Å². The molecule has 0 aliphatic heterocycles. The number of pyridine rings is 1. The minimum absolute atomic E-state index is 0.335. The first-order chi connectivity index (χ1) is 21.0. The van der Waals surface area contributed by atoms with Gasteiger partial charge < -0.3 is 4.74 Å². The zero-order valence-electron chi connectivity index (χ0n) is 23.8. The number of aryl methyl sites for hydroxylation is 1. The van der Waals surface area contributed by atoms with Crippen molar-refractivity contribution in [2.45, 2.75) is 16.7 Å². The van der Waals surface area contributed by atoms with E-state index in [4.69, 9.17) is 9.84 Å². The summed E-state index contributed by atoms with van der Waals surface area (Å²) in [6.07, 6.45) is 9.70. The smallest absolute Gasteiger partial charge is 0.140 e. The lowest BCUT2D eigenvalue weighted by atomic mass is 10.1. The number of rotatable bonds is 7. The molecule has 43 heavy (non-hydrogen) atoms. The summed E-state index contributed by atoms with van der Waals surface area (Å²) in [5.74, 6) is 1.53. The second kappa shape index (κ2) is 11.3. The molecule has 0 saturated carbocycles. The fourth-order valence-corrected chi connectivity index (χ4v) is 7.06. The minimum Gasteiger partial charge on any atom is -0.457 e. The molecule has 0 spiro atoms. The van der Waals surface area contributed by atoms with Gasteiger partial charge in [-0.2, -0.15) is 5.10 Å². The molecule has 212 valence electrons. The summed E-state index contributed by atoms with van der Waals surface area (Å²) in [6.45, 7) is 2.13. The van der Waals surface area contributed by atoms with Crippen molar-refractivity contribution in [3.8, 4) is 34.1 Å². The standard InChI is InChI=1S/C35H27FN4OS2/c1-22-15-32(42-2)35(33(16-22)43-3)23-20-38-39(21-23)25-7-6-8-26(18-25)41-27-11-12-29-28-9-4-5-10-30(28)40(31(29)19-27)34-17-24(36)13-14-37-34/h4-21H,1-3H3. The number of thioether (sulfide) groups is 2.